The molecule has 1 saturated heterocycles. The number of rotatable bonds is 5. The van der Waals surface area contributed by atoms with Gasteiger partial charge in [0, 0.05) is 12.6 Å². The second kappa shape index (κ2) is 6.57. The van der Waals surface area contributed by atoms with Gasteiger partial charge in [0.2, 0.25) is 5.88 Å². The molecule has 1 aliphatic rings. The van der Waals surface area contributed by atoms with Gasteiger partial charge in [-0.3, -0.25) is 4.90 Å². The average Bonchev–Trinajstić information content (AvgIpc) is 2.40. The zero-order chi connectivity index (χ0) is 11.9. The van der Waals surface area contributed by atoms with Crippen LogP contribution in [0.2, 0.25) is 0 Å². The molecule has 0 aliphatic carbocycles. The van der Waals surface area contributed by atoms with E-state index in [1.165, 1.54) is 32.4 Å². The minimum absolute atomic E-state index is 0.0384. The summed E-state index contributed by atoms with van der Waals surface area (Å²) in [4.78, 5) is 6.61. The van der Waals surface area contributed by atoms with Crippen molar-refractivity contribution in [1.29, 1.82) is 0 Å². The predicted octanol–water partition coefficient (Wildman–Crippen LogP) is 1.44. The minimum Gasteiger partial charge on any atom is -0.476 e. The Morgan fingerprint density at radius 1 is 1.24 bits per heavy atom. The van der Waals surface area contributed by atoms with E-state index in [2.05, 4.69) is 9.88 Å². The maximum Gasteiger partial charge on any atom is 0.213 e. The largest absolute Gasteiger partial charge is 0.476 e. The maximum atomic E-state index is 8.97. The number of hydrogen-bond acceptors (Lipinski definition) is 4. The van der Waals surface area contributed by atoms with Crippen molar-refractivity contribution in [2.75, 3.05) is 26.2 Å². The van der Waals surface area contributed by atoms with Crippen LogP contribution in [-0.4, -0.2) is 41.2 Å². The van der Waals surface area contributed by atoms with Crippen molar-refractivity contribution < 1.29 is 9.84 Å². The van der Waals surface area contributed by atoms with E-state index in [0.717, 1.165) is 6.54 Å². The van der Waals surface area contributed by atoms with E-state index in [1.807, 2.05) is 12.1 Å². The van der Waals surface area contributed by atoms with Gasteiger partial charge in [-0.25, -0.2) is 4.98 Å². The first kappa shape index (κ1) is 12.3. The average molecular weight is 236 g/mol. The summed E-state index contributed by atoms with van der Waals surface area (Å²) < 4.78 is 5.59. The van der Waals surface area contributed by atoms with E-state index in [9.17, 15) is 0 Å². The van der Waals surface area contributed by atoms with Gasteiger partial charge in [-0.05, 0) is 32.0 Å². The summed E-state index contributed by atoms with van der Waals surface area (Å²) in [5, 5.41) is 8.97. The van der Waals surface area contributed by atoms with Crippen LogP contribution in [-0.2, 0) is 6.61 Å². The molecule has 1 aromatic rings. The molecule has 0 spiro atoms. The van der Waals surface area contributed by atoms with Crippen LogP contribution < -0.4 is 4.74 Å². The van der Waals surface area contributed by atoms with Crippen LogP contribution in [0.4, 0.5) is 0 Å². The van der Waals surface area contributed by atoms with Gasteiger partial charge in [-0.1, -0.05) is 12.5 Å². The van der Waals surface area contributed by atoms with Gasteiger partial charge in [0.15, 0.2) is 0 Å². The van der Waals surface area contributed by atoms with Crippen molar-refractivity contribution >= 4 is 0 Å². The fourth-order valence-electron chi connectivity index (χ4n) is 2.09. The molecular weight excluding hydrogens is 216 g/mol. The zero-order valence-corrected chi connectivity index (χ0v) is 10.1. The van der Waals surface area contributed by atoms with E-state index in [0.29, 0.717) is 18.2 Å². The summed E-state index contributed by atoms with van der Waals surface area (Å²) >= 11 is 0. The molecule has 2 heterocycles. The highest BCUT2D eigenvalue weighted by atomic mass is 16.5. The Morgan fingerprint density at radius 2 is 2.06 bits per heavy atom. The fourth-order valence-corrected chi connectivity index (χ4v) is 2.09. The number of likely N-dealkylation sites (tertiary alicyclic amines) is 1. The monoisotopic (exact) mass is 236 g/mol. The van der Waals surface area contributed by atoms with Crippen molar-refractivity contribution in [2.45, 2.75) is 25.9 Å². The molecule has 1 fully saturated rings. The third-order valence-electron chi connectivity index (χ3n) is 3.05. The molecule has 0 aromatic carbocycles. The molecule has 0 atom stereocenters. The number of aromatic nitrogens is 1. The molecule has 0 radical (unpaired) electrons. The molecule has 4 heteroatoms. The third kappa shape index (κ3) is 3.98. The lowest BCUT2D eigenvalue weighted by atomic mass is 10.1. The molecule has 4 nitrogen and oxygen atoms in total. The van der Waals surface area contributed by atoms with E-state index in [-0.39, 0.29) is 6.61 Å². The number of pyridine rings is 1. The summed E-state index contributed by atoms with van der Waals surface area (Å²) in [7, 11) is 0. The number of aliphatic hydroxyl groups excluding tert-OH is 1. The van der Waals surface area contributed by atoms with Gasteiger partial charge in [-0.2, -0.15) is 0 Å². The smallest absolute Gasteiger partial charge is 0.213 e. The summed E-state index contributed by atoms with van der Waals surface area (Å²) in [6.07, 6.45) is 3.97. The summed E-state index contributed by atoms with van der Waals surface area (Å²) in [5.41, 5.74) is 0.653. The third-order valence-corrected chi connectivity index (χ3v) is 3.05. The Morgan fingerprint density at radius 3 is 2.82 bits per heavy atom. The first-order chi connectivity index (χ1) is 8.38. The zero-order valence-electron chi connectivity index (χ0n) is 10.1. The molecule has 94 valence electrons. The van der Waals surface area contributed by atoms with E-state index in [4.69, 9.17) is 9.84 Å². The standard InChI is InChI=1S/C13H20N2O2/c16-11-12-5-4-6-13(14-12)17-10-9-15-7-2-1-3-8-15/h4-6,16H,1-3,7-11H2. The van der Waals surface area contributed by atoms with Gasteiger partial charge >= 0.3 is 0 Å². The Balaban J connectivity index is 1.73. The Bertz CT molecular complexity index is 338. The van der Waals surface area contributed by atoms with E-state index < -0.39 is 0 Å². The first-order valence-electron chi connectivity index (χ1n) is 6.30. The molecule has 0 unspecified atom stereocenters. The van der Waals surface area contributed by atoms with Crippen LogP contribution in [0.5, 0.6) is 5.88 Å². The Kier molecular flexibility index (Phi) is 4.76. The van der Waals surface area contributed by atoms with Crippen LogP contribution in [0, 0.1) is 0 Å². The summed E-state index contributed by atoms with van der Waals surface area (Å²) in [6, 6.07) is 5.47. The molecular formula is C13H20N2O2. The summed E-state index contributed by atoms with van der Waals surface area (Å²) in [5.74, 6) is 0.605. The highest BCUT2D eigenvalue weighted by molar-refractivity contribution is 5.15. The van der Waals surface area contributed by atoms with Gasteiger partial charge in [0.05, 0.1) is 12.3 Å². The normalized spacial score (nSPS) is 17.0. The van der Waals surface area contributed by atoms with Crippen LogP contribution in [0.15, 0.2) is 18.2 Å². The lowest BCUT2D eigenvalue weighted by Gasteiger charge is -2.26. The quantitative estimate of drug-likeness (QED) is 0.840. The van der Waals surface area contributed by atoms with Crippen LogP contribution >= 0.6 is 0 Å². The maximum absolute atomic E-state index is 8.97. The fraction of sp³-hybridized carbons (Fsp3) is 0.615. The molecule has 0 amide bonds. The second-order valence-corrected chi connectivity index (χ2v) is 4.38. The Labute approximate surface area is 102 Å². The minimum atomic E-state index is -0.0384. The SMILES string of the molecule is OCc1cccc(OCCN2CCCCC2)n1. The van der Waals surface area contributed by atoms with Gasteiger partial charge in [0.25, 0.3) is 0 Å². The Hall–Kier alpha value is -1.13. The molecule has 17 heavy (non-hydrogen) atoms. The van der Waals surface area contributed by atoms with Crippen molar-refractivity contribution in [3.8, 4) is 5.88 Å². The molecule has 0 bridgehead atoms. The molecule has 0 saturated carbocycles. The molecule has 1 N–H and O–H groups in total. The molecule has 2 rings (SSSR count). The number of aliphatic hydroxyl groups is 1. The van der Waals surface area contributed by atoms with Gasteiger partial charge < -0.3 is 9.84 Å². The number of nitrogens with zero attached hydrogens (tertiary/aromatic N) is 2. The molecule has 1 aliphatic heterocycles. The lowest BCUT2D eigenvalue weighted by molar-refractivity contribution is 0.180. The number of piperidine rings is 1. The summed E-state index contributed by atoms with van der Waals surface area (Å²) in [6.45, 7) is 3.97. The highest BCUT2D eigenvalue weighted by Crippen LogP contribution is 2.10. The highest BCUT2D eigenvalue weighted by Gasteiger charge is 2.09. The topological polar surface area (TPSA) is 45.6 Å². The number of hydrogen-bond donors (Lipinski definition) is 1. The van der Waals surface area contributed by atoms with Crippen LogP contribution in [0.25, 0.3) is 0 Å². The van der Waals surface area contributed by atoms with Crippen molar-refractivity contribution in [3.05, 3.63) is 23.9 Å². The number of ether oxygens (including phenoxy) is 1. The lowest BCUT2D eigenvalue weighted by Crippen LogP contribution is -2.33. The van der Waals surface area contributed by atoms with Crippen LogP contribution in [0.1, 0.15) is 25.0 Å². The van der Waals surface area contributed by atoms with Crippen molar-refractivity contribution in [1.82, 2.24) is 9.88 Å². The van der Waals surface area contributed by atoms with E-state index in [1.54, 1.807) is 6.07 Å². The van der Waals surface area contributed by atoms with Gasteiger partial charge in [0.1, 0.15) is 6.61 Å². The molecule has 1 aromatic heterocycles. The second-order valence-electron chi connectivity index (χ2n) is 4.38. The predicted molar refractivity (Wildman–Crippen MR) is 65.9 cm³/mol. The van der Waals surface area contributed by atoms with Gasteiger partial charge in [-0.15, -0.1) is 0 Å². The van der Waals surface area contributed by atoms with Crippen molar-refractivity contribution in [3.63, 3.8) is 0 Å². The van der Waals surface area contributed by atoms with E-state index >= 15 is 0 Å². The first-order valence-corrected chi connectivity index (χ1v) is 6.30. The van der Waals surface area contributed by atoms with Crippen molar-refractivity contribution in [2.24, 2.45) is 0 Å². The van der Waals surface area contributed by atoms with Crippen LogP contribution in [0.3, 0.4) is 0 Å².